The molecule has 0 spiro atoms. The van der Waals surface area contributed by atoms with Gasteiger partial charge in [0.25, 0.3) is 0 Å². The number of benzene rings is 1. The number of aromatic hydroxyl groups is 1. The van der Waals surface area contributed by atoms with Crippen molar-refractivity contribution in [2.45, 2.75) is 26.7 Å². The molecule has 0 heterocycles. The molecular formula is C10H15ClO. The minimum atomic E-state index is 0. The van der Waals surface area contributed by atoms with Crippen molar-refractivity contribution in [3.63, 3.8) is 0 Å². The van der Waals surface area contributed by atoms with Crippen LogP contribution >= 0.6 is 12.4 Å². The third-order valence-corrected chi connectivity index (χ3v) is 1.81. The van der Waals surface area contributed by atoms with Gasteiger partial charge in [0.15, 0.2) is 0 Å². The molecule has 0 bridgehead atoms. The van der Waals surface area contributed by atoms with Crippen molar-refractivity contribution in [2.75, 3.05) is 0 Å². The number of phenolic OH excluding ortho intramolecular Hbond substituents is 1. The van der Waals surface area contributed by atoms with Gasteiger partial charge in [-0.15, -0.1) is 12.4 Å². The summed E-state index contributed by atoms with van der Waals surface area (Å²) in [6, 6.07) is 5.81. The lowest BCUT2D eigenvalue weighted by Crippen LogP contribution is -1.87. The maximum absolute atomic E-state index is 9.46. The highest BCUT2D eigenvalue weighted by Crippen LogP contribution is 2.25. The van der Waals surface area contributed by atoms with E-state index in [0.717, 1.165) is 11.1 Å². The third-order valence-electron chi connectivity index (χ3n) is 1.81. The zero-order valence-corrected chi connectivity index (χ0v) is 8.48. The molecule has 68 valence electrons. The lowest BCUT2D eigenvalue weighted by atomic mass is 10.0. The molecule has 0 aromatic heterocycles. The summed E-state index contributed by atoms with van der Waals surface area (Å²) < 4.78 is 0. The van der Waals surface area contributed by atoms with E-state index in [0.29, 0.717) is 11.7 Å². The molecular weight excluding hydrogens is 172 g/mol. The first kappa shape index (κ1) is 11.3. The quantitative estimate of drug-likeness (QED) is 0.714. The standard InChI is InChI=1S/C10H14O.ClH/c1-7(2)9-5-4-8(3)6-10(9)11;/h4-7,11H,1-3H3;1H. The summed E-state index contributed by atoms with van der Waals surface area (Å²) in [5.74, 6) is 0.815. The van der Waals surface area contributed by atoms with Crippen LogP contribution in [0.3, 0.4) is 0 Å². The van der Waals surface area contributed by atoms with Gasteiger partial charge in [-0.2, -0.15) is 0 Å². The van der Waals surface area contributed by atoms with Crippen molar-refractivity contribution in [3.8, 4) is 5.75 Å². The molecule has 1 aromatic carbocycles. The van der Waals surface area contributed by atoms with Crippen LogP contribution < -0.4 is 0 Å². The molecule has 0 fully saturated rings. The summed E-state index contributed by atoms with van der Waals surface area (Å²) in [6.45, 7) is 6.12. The Morgan fingerprint density at radius 3 is 2.25 bits per heavy atom. The molecule has 0 saturated carbocycles. The molecule has 2 heteroatoms. The van der Waals surface area contributed by atoms with E-state index in [2.05, 4.69) is 13.8 Å². The van der Waals surface area contributed by atoms with Crippen LogP contribution in [0.5, 0.6) is 5.75 Å². The lowest BCUT2D eigenvalue weighted by Gasteiger charge is -2.07. The largest absolute Gasteiger partial charge is 0.508 e. The molecule has 0 saturated heterocycles. The van der Waals surface area contributed by atoms with Crippen LogP contribution in [0.2, 0.25) is 0 Å². The van der Waals surface area contributed by atoms with Gasteiger partial charge in [0.2, 0.25) is 0 Å². The third kappa shape index (κ3) is 2.42. The summed E-state index contributed by atoms with van der Waals surface area (Å²) >= 11 is 0. The van der Waals surface area contributed by atoms with Gasteiger partial charge < -0.3 is 5.11 Å². The Morgan fingerprint density at radius 2 is 1.83 bits per heavy atom. The van der Waals surface area contributed by atoms with Crippen molar-refractivity contribution in [2.24, 2.45) is 0 Å². The van der Waals surface area contributed by atoms with Gasteiger partial charge in [0.1, 0.15) is 5.75 Å². The molecule has 0 radical (unpaired) electrons. The molecule has 0 amide bonds. The highest BCUT2D eigenvalue weighted by atomic mass is 35.5. The molecule has 1 rings (SSSR count). The van der Waals surface area contributed by atoms with Crippen LogP contribution in [0, 0.1) is 6.92 Å². The van der Waals surface area contributed by atoms with Gasteiger partial charge in [0, 0.05) is 0 Å². The van der Waals surface area contributed by atoms with E-state index in [4.69, 9.17) is 0 Å². The SMILES string of the molecule is Cc1ccc(C(C)C)c(O)c1.Cl. The minimum Gasteiger partial charge on any atom is -0.508 e. The number of hydrogen-bond acceptors (Lipinski definition) is 1. The molecule has 1 aromatic rings. The Morgan fingerprint density at radius 1 is 1.25 bits per heavy atom. The molecule has 1 nitrogen and oxygen atoms in total. The summed E-state index contributed by atoms with van der Waals surface area (Å²) in [5.41, 5.74) is 2.13. The number of phenols is 1. The molecule has 1 N–H and O–H groups in total. The van der Waals surface area contributed by atoms with Crippen molar-refractivity contribution in [1.82, 2.24) is 0 Å². The molecule has 0 aliphatic carbocycles. The maximum Gasteiger partial charge on any atom is 0.119 e. The number of rotatable bonds is 1. The Kier molecular flexibility index (Phi) is 4.11. The van der Waals surface area contributed by atoms with Gasteiger partial charge in [-0.05, 0) is 30.0 Å². The van der Waals surface area contributed by atoms with Crippen LogP contribution in [0.15, 0.2) is 18.2 Å². The van der Waals surface area contributed by atoms with Crippen LogP contribution in [-0.2, 0) is 0 Å². The predicted octanol–water partition coefficient (Wildman–Crippen LogP) is 3.25. The Labute approximate surface area is 79.8 Å². The van der Waals surface area contributed by atoms with Crippen LogP contribution in [0.1, 0.15) is 30.9 Å². The van der Waals surface area contributed by atoms with Gasteiger partial charge >= 0.3 is 0 Å². The van der Waals surface area contributed by atoms with Crippen molar-refractivity contribution < 1.29 is 5.11 Å². The Balaban J connectivity index is 0.00000121. The highest BCUT2D eigenvalue weighted by molar-refractivity contribution is 5.85. The molecule has 0 unspecified atom stereocenters. The fourth-order valence-corrected chi connectivity index (χ4v) is 1.14. The van der Waals surface area contributed by atoms with E-state index < -0.39 is 0 Å². The predicted molar refractivity (Wildman–Crippen MR) is 54.2 cm³/mol. The average Bonchev–Trinajstić information content (AvgIpc) is 1.85. The zero-order valence-electron chi connectivity index (χ0n) is 7.66. The number of hydrogen-bond donors (Lipinski definition) is 1. The topological polar surface area (TPSA) is 20.2 Å². The van der Waals surface area contributed by atoms with E-state index >= 15 is 0 Å². The fraction of sp³-hybridized carbons (Fsp3) is 0.400. The summed E-state index contributed by atoms with van der Waals surface area (Å²) in [6.07, 6.45) is 0. The number of halogens is 1. The smallest absolute Gasteiger partial charge is 0.119 e. The second-order valence-corrected chi connectivity index (χ2v) is 3.22. The van der Waals surface area contributed by atoms with Gasteiger partial charge in [-0.1, -0.05) is 26.0 Å². The second-order valence-electron chi connectivity index (χ2n) is 3.22. The first-order valence-electron chi connectivity index (χ1n) is 3.91. The molecule has 0 atom stereocenters. The van der Waals surface area contributed by atoms with E-state index in [-0.39, 0.29) is 12.4 Å². The zero-order chi connectivity index (χ0) is 8.43. The van der Waals surface area contributed by atoms with Crippen molar-refractivity contribution in [3.05, 3.63) is 29.3 Å². The van der Waals surface area contributed by atoms with E-state index in [1.807, 2.05) is 19.1 Å². The first-order chi connectivity index (χ1) is 5.11. The molecule has 0 aliphatic heterocycles. The molecule has 12 heavy (non-hydrogen) atoms. The van der Waals surface area contributed by atoms with Gasteiger partial charge in [-0.3, -0.25) is 0 Å². The Hall–Kier alpha value is -0.690. The monoisotopic (exact) mass is 186 g/mol. The molecule has 0 aliphatic rings. The highest BCUT2D eigenvalue weighted by Gasteiger charge is 2.03. The average molecular weight is 187 g/mol. The summed E-state index contributed by atoms with van der Waals surface area (Å²) in [5, 5.41) is 9.46. The van der Waals surface area contributed by atoms with Crippen molar-refractivity contribution in [1.29, 1.82) is 0 Å². The fourth-order valence-electron chi connectivity index (χ4n) is 1.14. The van der Waals surface area contributed by atoms with E-state index in [1.54, 1.807) is 6.07 Å². The van der Waals surface area contributed by atoms with Gasteiger partial charge in [0.05, 0.1) is 0 Å². The Bertz CT molecular complexity index is 256. The van der Waals surface area contributed by atoms with Crippen LogP contribution in [-0.4, -0.2) is 5.11 Å². The normalized spacial score (nSPS) is 9.67. The van der Waals surface area contributed by atoms with Crippen molar-refractivity contribution >= 4 is 12.4 Å². The second kappa shape index (κ2) is 4.36. The summed E-state index contributed by atoms with van der Waals surface area (Å²) in [7, 11) is 0. The number of aryl methyl sites for hydroxylation is 1. The van der Waals surface area contributed by atoms with Gasteiger partial charge in [-0.25, -0.2) is 0 Å². The first-order valence-corrected chi connectivity index (χ1v) is 3.91. The van der Waals surface area contributed by atoms with E-state index in [1.165, 1.54) is 0 Å². The summed E-state index contributed by atoms with van der Waals surface area (Å²) in [4.78, 5) is 0. The minimum absolute atomic E-state index is 0. The van der Waals surface area contributed by atoms with Crippen LogP contribution in [0.25, 0.3) is 0 Å². The van der Waals surface area contributed by atoms with E-state index in [9.17, 15) is 5.11 Å². The van der Waals surface area contributed by atoms with Crippen LogP contribution in [0.4, 0.5) is 0 Å². The lowest BCUT2D eigenvalue weighted by molar-refractivity contribution is 0.464. The maximum atomic E-state index is 9.46.